The van der Waals surface area contributed by atoms with E-state index in [1.807, 2.05) is 18.2 Å². The Bertz CT molecular complexity index is 295. The summed E-state index contributed by atoms with van der Waals surface area (Å²) < 4.78 is 0. The number of carbonyl (C=O) groups excluding carboxylic acids is 1. The van der Waals surface area contributed by atoms with Crippen molar-refractivity contribution in [3.63, 3.8) is 0 Å². The lowest BCUT2D eigenvalue weighted by molar-refractivity contribution is -0.120. The molecule has 15 heavy (non-hydrogen) atoms. The third-order valence-electron chi connectivity index (χ3n) is 1.49. The molecule has 0 aliphatic carbocycles. The Morgan fingerprint density at radius 1 is 1.53 bits per heavy atom. The van der Waals surface area contributed by atoms with Crippen molar-refractivity contribution in [2.24, 2.45) is 5.73 Å². The van der Waals surface area contributed by atoms with Crippen molar-refractivity contribution in [2.75, 3.05) is 12.4 Å². The molecule has 4 nitrogen and oxygen atoms in total. The zero-order valence-electron chi connectivity index (χ0n) is 8.18. The zero-order chi connectivity index (χ0) is 10.9. The molecule has 82 valence electrons. The molecule has 0 unspecified atom stereocenters. The van der Waals surface area contributed by atoms with E-state index in [0.29, 0.717) is 6.42 Å². The third-order valence-corrected chi connectivity index (χ3v) is 3.76. The van der Waals surface area contributed by atoms with E-state index in [1.54, 1.807) is 27.8 Å². The maximum atomic E-state index is 11.0. The van der Waals surface area contributed by atoms with Crippen molar-refractivity contribution in [3.8, 4) is 0 Å². The summed E-state index contributed by atoms with van der Waals surface area (Å²) in [7, 11) is 3.19. The van der Waals surface area contributed by atoms with Crippen LogP contribution in [0.5, 0.6) is 0 Å². The molecule has 1 aromatic rings. The van der Waals surface area contributed by atoms with Crippen LogP contribution in [0.1, 0.15) is 6.42 Å². The monoisotopic (exact) mass is 243 g/mol. The van der Waals surface area contributed by atoms with Crippen LogP contribution >= 0.6 is 21.6 Å². The second kappa shape index (κ2) is 7.56. The van der Waals surface area contributed by atoms with Crippen LogP contribution in [-0.2, 0) is 4.79 Å². The Balaban J connectivity index is 2.10. The van der Waals surface area contributed by atoms with Gasteiger partial charge in [0.1, 0.15) is 5.03 Å². The molecule has 0 atom stereocenters. The number of rotatable bonds is 6. The second-order valence-electron chi connectivity index (χ2n) is 2.63. The quantitative estimate of drug-likeness (QED) is 0.447. The van der Waals surface area contributed by atoms with E-state index in [-0.39, 0.29) is 12.6 Å². The Morgan fingerprint density at radius 2 is 2.40 bits per heavy atom. The molecule has 0 fully saturated rings. The van der Waals surface area contributed by atoms with E-state index in [2.05, 4.69) is 10.3 Å². The molecule has 1 aromatic heterocycles. The zero-order valence-corrected chi connectivity index (χ0v) is 9.81. The summed E-state index contributed by atoms with van der Waals surface area (Å²) in [6.07, 6.45) is 2.24. The minimum absolute atomic E-state index is 0.00776. The molecular formula is C9H13N3OS2. The largest absolute Gasteiger partial charge is 0.344 e. The summed E-state index contributed by atoms with van der Waals surface area (Å²) in [5.74, 6) is 0.749. The number of hydrogen-bond acceptors (Lipinski definition) is 5. The fourth-order valence-corrected chi connectivity index (χ4v) is 2.70. The number of nitrogens with zero attached hydrogens (tertiary/aromatic N) is 1. The SMILES string of the molecule is NCNC(=O)CCSSc1ccccn1. The summed E-state index contributed by atoms with van der Waals surface area (Å²) in [6.45, 7) is 0.205. The summed E-state index contributed by atoms with van der Waals surface area (Å²) >= 11 is 0. The van der Waals surface area contributed by atoms with Gasteiger partial charge in [-0.1, -0.05) is 16.9 Å². The van der Waals surface area contributed by atoms with Gasteiger partial charge in [0.05, 0.1) is 6.67 Å². The average Bonchev–Trinajstić information content (AvgIpc) is 2.26. The summed E-state index contributed by atoms with van der Waals surface area (Å²) in [4.78, 5) is 15.2. The van der Waals surface area contributed by atoms with Crippen LogP contribution in [0.25, 0.3) is 0 Å². The number of amides is 1. The van der Waals surface area contributed by atoms with E-state index >= 15 is 0 Å². The van der Waals surface area contributed by atoms with Crippen molar-refractivity contribution >= 4 is 27.5 Å². The van der Waals surface area contributed by atoms with Crippen LogP contribution in [0.2, 0.25) is 0 Å². The van der Waals surface area contributed by atoms with Gasteiger partial charge in [0.25, 0.3) is 0 Å². The van der Waals surface area contributed by atoms with Crippen LogP contribution in [0.4, 0.5) is 0 Å². The smallest absolute Gasteiger partial charge is 0.221 e. The summed E-state index contributed by atoms with van der Waals surface area (Å²) in [6, 6.07) is 5.76. The van der Waals surface area contributed by atoms with Gasteiger partial charge in [0.15, 0.2) is 0 Å². The van der Waals surface area contributed by atoms with Crippen molar-refractivity contribution < 1.29 is 4.79 Å². The van der Waals surface area contributed by atoms with Crippen molar-refractivity contribution in [2.45, 2.75) is 11.4 Å². The normalized spacial score (nSPS) is 9.93. The molecule has 1 rings (SSSR count). The maximum absolute atomic E-state index is 11.0. The first kappa shape index (κ1) is 12.4. The predicted octanol–water partition coefficient (Wildman–Crippen LogP) is 1.24. The van der Waals surface area contributed by atoms with Gasteiger partial charge in [-0.2, -0.15) is 0 Å². The number of nitrogens with two attached hydrogens (primary N) is 1. The molecule has 0 aliphatic rings. The highest BCUT2D eigenvalue weighted by atomic mass is 33.1. The van der Waals surface area contributed by atoms with Gasteiger partial charge < -0.3 is 11.1 Å². The maximum Gasteiger partial charge on any atom is 0.221 e. The molecule has 3 N–H and O–H groups in total. The third kappa shape index (κ3) is 5.66. The fraction of sp³-hybridized carbons (Fsp3) is 0.333. The van der Waals surface area contributed by atoms with Crippen molar-refractivity contribution in [1.29, 1.82) is 0 Å². The predicted molar refractivity (Wildman–Crippen MR) is 64.4 cm³/mol. The summed E-state index contributed by atoms with van der Waals surface area (Å²) in [5, 5.41) is 3.50. The van der Waals surface area contributed by atoms with E-state index in [4.69, 9.17) is 5.73 Å². The van der Waals surface area contributed by atoms with Crippen LogP contribution in [-0.4, -0.2) is 23.3 Å². The topological polar surface area (TPSA) is 68.0 Å². The standard InChI is InChI=1S/C9H13N3OS2/c10-7-12-8(13)4-6-14-15-9-3-1-2-5-11-9/h1-3,5H,4,6-7,10H2,(H,12,13). The minimum Gasteiger partial charge on any atom is -0.344 e. The van der Waals surface area contributed by atoms with Crippen LogP contribution in [0.3, 0.4) is 0 Å². The van der Waals surface area contributed by atoms with Crippen LogP contribution in [0.15, 0.2) is 29.4 Å². The first-order valence-corrected chi connectivity index (χ1v) is 6.82. The van der Waals surface area contributed by atoms with Crippen molar-refractivity contribution in [1.82, 2.24) is 10.3 Å². The number of nitrogens with one attached hydrogen (secondary N) is 1. The first-order chi connectivity index (χ1) is 7.33. The highest BCUT2D eigenvalue weighted by Gasteiger charge is 2.00. The van der Waals surface area contributed by atoms with Gasteiger partial charge in [0.2, 0.25) is 5.91 Å². The lowest BCUT2D eigenvalue weighted by atomic mass is 10.5. The van der Waals surface area contributed by atoms with E-state index in [1.165, 1.54) is 0 Å². The van der Waals surface area contributed by atoms with Gasteiger partial charge in [-0.15, -0.1) is 0 Å². The van der Waals surface area contributed by atoms with Gasteiger partial charge >= 0.3 is 0 Å². The molecule has 1 amide bonds. The Hall–Kier alpha value is -0.720. The van der Waals surface area contributed by atoms with Crippen LogP contribution < -0.4 is 11.1 Å². The molecule has 1 heterocycles. The number of aromatic nitrogens is 1. The molecule has 6 heteroatoms. The fourth-order valence-electron chi connectivity index (χ4n) is 0.835. The highest BCUT2D eigenvalue weighted by molar-refractivity contribution is 8.76. The van der Waals surface area contributed by atoms with E-state index in [9.17, 15) is 4.79 Å². The molecule has 0 radical (unpaired) electrons. The Morgan fingerprint density at radius 3 is 3.07 bits per heavy atom. The molecule has 0 spiro atoms. The number of hydrogen-bond donors (Lipinski definition) is 2. The van der Waals surface area contributed by atoms with E-state index in [0.717, 1.165) is 10.8 Å². The van der Waals surface area contributed by atoms with Crippen molar-refractivity contribution in [3.05, 3.63) is 24.4 Å². The van der Waals surface area contributed by atoms with E-state index < -0.39 is 0 Å². The lowest BCUT2D eigenvalue weighted by Gasteiger charge is -2.01. The molecule has 0 aromatic carbocycles. The Labute approximate surface area is 96.8 Å². The van der Waals surface area contributed by atoms with Crippen LogP contribution in [0, 0.1) is 0 Å². The molecule has 0 saturated heterocycles. The molecule has 0 aliphatic heterocycles. The van der Waals surface area contributed by atoms with Gasteiger partial charge in [-0.3, -0.25) is 4.79 Å². The second-order valence-corrected chi connectivity index (χ2v) is 5.06. The van der Waals surface area contributed by atoms with Gasteiger partial charge in [-0.25, -0.2) is 4.98 Å². The summed E-state index contributed by atoms with van der Waals surface area (Å²) in [5.41, 5.74) is 5.17. The number of carbonyl (C=O) groups is 1. The Kier molecular flexibility index (Phi) is 6.22. The van der Waals surface area contributed by atoms with Gasteiger partial charge in [0, 0.05) is 18.4 Å². The molecular weight excluding hydrogens is 230 g/mol. The first-order valence-electron chi connectivity index (χ1n) is 4.50. The average molecular weight is 243 g/mol. The van der Waals surface area contributed by atoms with Gasteiger partial charge in [-0.05, 0) is 22.9 Å². The highest BCUT2D eigenvalue weighted by Crippen LogP contribution is 2.29. The lowest BCUT2D eigenvalue weighted by Crippen LogP contribution is -2.29. The minimum atomic E-state index is -0.00776. The number of pyridine rings is 1. The molecule has 0 saturated carbocycles. The molecule has 0 bridgehead atoms.